The lowest BCUT2D eigenvalue weighted by molar-refractivity contribution is 0.0921. The smallest absolute Gasteiger partial charge is 0.488 e. The fourth-order valence-corrected chi connectivity index (χ4v) is 1.25. The first-order chi connectivity index (χ1) is 7.13. The van der Waals surface area contributed by atoms with Crippen molar-refractivity contribution in [3.63, 3.8) is 0 Å². The van der Waals surface area contributed by atoms with Crippen LogP contribution in [0.2, 0.25) is 0 Å². The summed E-state index contributed by atoms with van der Waals surface area (Å²) in [7, 11) is 0.139. The number of hydrogen-bond donors (Lipinski definition) is 2. The van der Waals surface area contributed by atoms with E-state index in [1.807, 2.05) is 6.92 Å². The Morgan fingerprint density at radius 1 is 1.40 bits per heavy atom. The molecule has 0 bridgehead atoms. The van der Waals surface area contributed by atoms with Crippen molar-refractivity contribution >= 4 is 12.6 Å². The predicted octanol–water partition coefficient (Wildman–Crippen LogP) is -0.220. The van der Waals surface area contributed by atoms with Gasteiger partial charge in [-0.25, -0.2) is 0 Å². The van der Waals surface area contributed by atoms with Crippen LogP contribution in [0, 0.1) is 0 Å². The predicted molar refractivity (Wildman–Crippen MR) is 58.2 cm³/mol. The van der Waals surface area contributed by atoms with Gasteiger partial charge in [-0.05, 0) is 24.5 Å². The van der Waals surface area contributed by atoms with E-state index in [9.17, 15) is 0 Å². The molecule has 1 atom stereocenters. The van der Waals surface area contributed by atoms with Gasteiger partial charge in [0.1, 0.15) is 11.9 Å². The lowest BCUT2D eigenvalue weighted by Gasteiger charge is -2.14. The largest absolute Gasteiger partial charge is 0.488 e. The molecule has 2 N–H and O–H groups in total. The molecule has 0 aliphatic heterocycles. The van der Waals surface area contributed by atoms with E-state index in [1.165, 1.54) is 0 Å². The highest BCUT2D eigenvalue weighted by atomic mass is 16.5. The van der Waals surface area contributed by atoms with Crippen molar-refractivity contribution < 1.29 is 19.5 Å². The average molecular weight is 210 g/mol. The van der Waals surface area contributed by atoms with Crippen molar-refractivity contribution in [3.8, 4) is 5.75 Å². The normalized spacial score (nSPS) is 12.3. The SMILES string of the molecule is COC[C@@H](C)Oc1cccc(B(O)O)c1. The quantitative estimate of drug-likeness (QED) is 0.659. The lowest BCUT2D eigenvalue weighted by Crippen LogP contribution is -2.30. The van der Waals surface area contributed by atoms with Gasteiger partial charge in [-0.1, -0.05) is 12.1 Å². The van der Waals surface area contributed by atoms with Gasteiger partial charge in [0.15, 0.2) is 0 Å². The summed E-state index contributed by atoms with van der Waals surface area (Å²) in [6.07, 6.45) is -0.0684. The van der Waals surface area contributed by atoms with Gasteiger partial charge in [-0.15, -0.1) is 0 Å². The van der Waals surface area contributed by atoms with Crippen molar-refractivity contribution in [1.29, 1.82) is 0 Å². The summed E-state index contributed by atoms with van der Waals surface area (Å²) in [6.45, 7) is 2.37. The fraction of sp³-hybridized carbons (Fsp3) is 0.400. The molecule has 1 aromatic carbocycles. The summed E-state index contributed by atoms with van der Waals surface area (Å²) < 4.78 is 10.4. The van der Waals surface area contributed by atoms with Gasteiger partial charge in [0, 0.05) is 7.11 Å². The maximum atomic E-state index is 8.96. The minimum absolute atomic E-state index is 0.0684. The standard InChI is InChI=1S/C10H15BO4/c1-8(7-14-2)15-10-5-3-4-9(6-10)11(12)13/h3-6,8,12-13H,7H2,1-2H3/t8-/m1/s1. The van der Waals surface area contributed by atoms with Gasteiger partial charge in [0.25, 0.3) is 0 Å². The Hall–Kier alpha value is -1.04. The molecule has 1 aromatic rings. The zero-order chi connectivity index (χ0) is 11.3. The zero-order valence-electron chi connectivity index (χ0n) is 8.88. The van der Waals surface area contributed by atoms with Crippen LogP contribution in [0.25, 0.3) is 0 Å². The summed E-state index contributed by atoms with van der Waals surface area (Å²) in [4.78, 5) is 0. The van der Waals surface area contributed by atoms with Crippen LogP contribution in [-0.4, -0.2) is 37.0 Å². The molecule has 82 valence electrons. The number of hydrogen-bond acceptors (Lipinski definition) is 4. The van der Waals surface area contributed by atoms with Crippen LogP contribution >= 0.6 is 0 Å². The van der Waals surface area contributed by atoms with Crippen molar-refractivity contribution in [2.45, 2.75) is 13.0 Å². The molecule has 0 heterocycles. The monoisotopic (exact) mass is 210 g/mol. The van der Waals surface area contributed by atoms with Crippen molar-refractivity contribution in [3.05, 3.63) is 24.3 Å². The van der Waals surface area contributed by atoms with E-state index >= 15 is 0 Å². The molecule has 0 unspecified atom stereocenters. The van der Waals surface area contributed by atoms with E-state index in [1.54, 1.807) is 31.4 Å². The Kier molecular flexibility index (Phi) is 4.61. The molecule has 0 amide bonds. The molecule has 0 aliphatic carbocycles. The first-order valence-electron chi connectivity index (χ1n) is 4.75. The molecule has 15 heavy (non-hydrogen) atoms. The molecule has 0 radical (unpaired) electrons. The highest BCUT2D eigenvalue weighted by Crippen LogP contribution is 2.10. The third kappa shape index (κ3) is 3.91. The fourth-order valence-electron chi connectivity index (χ4n) is 1.25. The van der Waals surface area contributed by atoms with E-state index in [-0.39, 0.29) is 6.10 Å². The first kappa shape index (κ1) is 12.0. The Labute approximate surface area is 89.6 Å². The lowest BCUT2D eigenvalue weighted by atomic mass is 9.80. The number of ether oxygens (including phenoxy) is 2. The topological polar surface area (TPSA) is 58.9 Å². The molecule has 0 fully saturated rings. The summed E-state index contributed by atoms with van der Waals surface area (Å²) in [5.74, 6) is 0.602. The molecule has 0 spiro atoms. The van der Waals surface area contributed by atoms with Crippen molar-refractivity contribution in [1.82, 2.24) is 0 Å². The van der Waals surface area contributed by atoms with Crippen LogP contribution in [-0.2, 0) is 4.74 Å². The van der Waals surface area contributed by atoms with Gasteiger partial charge < -0.3 is 19.5 Å². The second kappa shape index (κ2) is 5.75. The highest BCUT2D eigenvalue weighted by molar-refractivity contribution is 6.58. The third-order valence-electron chi connectivity index (χ3n) is 1.89. The van der Waals surface area contributed by atoms with E-state index < -0.39 is 7.12 Å². The Balaban J connectivity index is 2.65. The summed E-state index contributed by atoms with van der Waals surface area (Å²) in [5.41, 5.74) is 0.414. The molecular weight excluding hydrogens is 195 g/mol. The molecule has 1 rings (SSSR count). The van der Waals surface area contributed by atoms with Gasteiger partial charge in [-0.3, -0.25) is 0 Å². The average Bonchev–Trinajstić information content (AvgIpc) is 2.18. The third-order valence-corrected chi connectivity index (χ3v) is 1.89. The Morgan fingerprint density at radius 3 is 2.73 bits per heavy atom. The summed E-state index contributed by atoms with van der Waals surface area (Å²) >= 11 is 0. The van der Waals surface area contributed by atoms with Gasteiger partial charge in [0.2, 0.25) is 0 Å². The van der Waals surface area contributed by atoms with Crippen molar-refractivity contribution in [2.75, 3.05) is 13.7 Å². The molecule has 0 aromatic heterocycles. The maximum absolute atomic E-state index is 8.96. The Bertz CT molecular complexity index is 303. The van der Waals surface area contributed by atoms with Crippen LogP contribution in [0.5, 0.6) is 5.75 Å². The van der Waals surface area contributed by atoms with Crippen LogP contribution in [0.4, 0.5) is 0 Å². The molecule has 0 aliphatic rings. The zero-order valence-corrected chi connectivity index (χ0v) is 8.88. The number of benzene rings is 1. The van der Waals surface area contributed by atoms with E-state index in [2.05, 4.69) is 0 Å². The van der Waals surface area contributed by atoms with Crippen LogP contribution in [0.15, 0.2) is 24.3 Å². The van der Waals surface area contributed by atoms with E-state index in [4.69, 9.17) is 19.5 Å². The van der Waals surface area contributed by atoms with E-state index in [0.717, 1.165) is 0 Å². The minimum atomic E-state index is -1.47. The summed E-state index contributed by atoms with van der Waals surface area (Å²) in [5, 5.41) is 17.9. The second-order valence-electron chi connectivity index (χ2n) is 3.33. The Morgan fingerprint density at radius 2 is 2.13 bits per heavy atom. The molecule has 0 saturated carbocycles. The summed E-state index contributed by atoms with van der Waals surface area (Å²) in [6, 6.07) is 6.69. The second-order valence-corrected chi connectivity index (χ2v) is 3.33. The van der Waals surface area contributed by atoms with Crippen LogP contribution < -0.4 is 10.2 Å². The van der Waals surface area contributed by atoms with Gasteiger partial charge >= 0.3 is 7.12 Å². The first-order valence-corrected chi connectivity index (χ1v) is 4.75. The minimum Gasteiger partial charge on any atom is -0.488 e. The molecular formula is C10H15BO4. The van der Waals surface area contributed by atoms with Crippen LogP contribution in [0.1, 0.15) is 6.92 Å². The van der Waals surface area contributed by atoms with Gasteiger partial charge in [0.05, 0.1) is 6.61 Å². The van der Waals surface area contributed by atoms with Crippen LogP contribution in [0.3, 0.4) is 0 Å². The van der Waals surface area contributed by atoms with Gasteiger partial charge in [-0.2, -0.15) is 0 Å². The maximum Gasteiger partial charge on any atom is 0.488 e. The highest BCUT2D eigenvalue weighted by Gasteiger charge is 2.12. The van der Waals surface area contributed by atoms with Crippen molar-refractivity contribution in [2.24, 2.45) is 0 Å². The van der Waals surface area contributed by atoms with E-state index in [0.29, 0.717) is 17.8 Å². The molecule has 0 saturated heterocycles. The number of rotatable bonds is 5. The molecule has 5 heteroatoms. The number of methoxy groups -OCH3 is 1. The molecule has 4 nitrogen and oxygen atoms in total.